The molecule has 0 aliphatic heterocycles. The summed E-state index contributed by atoms with van der Waals surface area (Å²) in [5.74, 6) is -0.850. The molecular weight excluding hydrogens is 312 g/mol. The first-order valence-corrected chi connectivity index (χ1v) is 7.81. The van der Waals surface area contributed by atoms with Gasteiger partial charge in [0.25, 0.3) is 0 Å². The molecule has 0 saturated carbocycles. The number of anilines is 1. The van der Waals surface area contributed by atoms with Gasteiger partial charge in [-0.2, -0.15) is 0 Å². The van der Waals surface area contributed by atoms with Gasteiger partial charge >= 0.3 is 10.8 Å². The number of hydrogen-bond donors (Lipinski definition) is 1. The number of nitrogens with zero attached hydrogens (tertiary/aromatic N) is 1. The van der Waals surface area contributed by atoms with Gasteiger partial charge in [-0.25, -0.2) is 4.79 Å². The summed E-state index contributed by atoms with van der Waals surface area (Å²) >= 11 is 2.26. The predicted octanol–water partition coefficient (Wildman–Crippen LogP) is 2.01. The van der Waals surface area contributed by atoms with E-state index in [4.69, 9.17) is 0 Å². The van der Waals surface area contributed by atoms with E-state index in [0.717, 1.165) is 22.6 Å². The number of rotatable bonds is 4. The van der Waals surface area contributed by atoms with Crippen molar-refractivity contribution >= 4 is 40.2 Å². The summed E-state index contributed by atoms with van der Waals surface area (Å²) < 4.78 is 6.07. The Balaban J connectivity index is 2.19. The molecule has 21 heavy (non-hydrogen) atoms. The van der Waals surface area contributed by atoms with Gasteiger partial charge in [0.2, 0.25) is 5.91 Å². The molecule has 0 fully saturated rings. The van der Waals surface area contributed by atoms with Crippen molar-refractivity contribution in [3.05, 3.63) is 36.6 Å². The molecule has 0 aliphatic rings. The fourth-order valence-electron chi connectivity index (χ4n) is 1.76. The van der Waals surface area contributed by atoms with Crippen molar-refractivity contribution in [2.24, 2.45) is 0 Å². The maximum Gasteiger partial charge on any atom is 0.350 e. The second kappa shape index (κ2) is 6.23. The van der Waals surface area contributed by atoms with Gasteiger partial charge in [-0.05, 0) is 24.8 Å². The van der Waals surface area contributed by atoms with Crippen molar-refractivity contribution in [2.45, 2.75) is 20.4 Å². The fourth-order valence-corrected chi connectivity index (χ4v) is 3.42. The first-order chi connectivity index (χ1) is 9.93. The standard InChI is InChI=1S/C13H14N2O4S2/c1-7-5-20-11(12(17)19-3)10(7)14-9(16)4-15-8(2)6-21-13(15)18/h5-6H,4H2,1-3H3,(H,14,16). The summed E-state index contributed by atoms with van der Waals surface area (Å²) in [5.41, 5.74) is 1.95. The van der Waals surface area contributed by atoms with Crippen LogP contribution in [-0.4, -0.2) is 23.6 Å². The third-order valence-electron chi connectivity index (χ3n) is 2.89. The van der Waals surface area contributed by atoms with E-state index in [1.165, 1.54) is 23.0 Å². The highest BCUT2D eigenvalue weighted by Gasteiger charge is 2.19. The Labute approximate surface area is 129 Å². The topological polar surface area (TPSA) is 77.4 Å². The molecule has 2 aromatic heterocycles. The van der Waals surface area contributed by atoms with Crippen molar-refractivity contribution in [3.8, 4) is 0 Å². The molecule has 0 aliphatic carbocycles. The smallest absolute Gasteiger partial charge is 0.350 e. The highest BCUT2D eigenvalue weighted by Crippen LogP contribution is 2.28. The van der Waals surface area contributed by atoms with Gasteiger partial charge in [-0.3, -0.25) is 14.2 Å². The zero-order chi connectivity index (χ0) is 15.6. The van der Waals surface area contributed by atoms with Gasteiger partial charge in [0.15, 0.2) is 0 Å². The van der Waals surface area contributed by atoms with Crippen molar-refractivity contribution in [3.63, 3.8) is 0 Å². The lowest BCUT2D eigenvalue weighted by Crippen LogP contribution is -2.25. The summed E-state index contributed by atoms with van der Waals surface area (Å²) in [4.78, 5) is 35.5. The number of carbonyl (C=O) groups is 2. The van der Waals surface area contributed by atoms with Crippen molar-refractivity contribution in [1.82, 2.24) is 4.57 Å². The third kappa shape index (κ3) is 3.22. The number of thiophene rings is 1. The monoisotopic (exact) mass is 326 g/mol. The van der Waals surface area contributed by atoms with Crippen molar-refractivity contribution < 1.29 is 14.3 Å². The van der Waals surface area contributed by atoms with Crippen LogP contribution in [0.4, 0.5) is 5.69 Å². The maximum atomic E-state index is 12.1. The molecule has 0 radical (unpaired) electrons. The van der Waals surface area contributed by atoms with Crippen molar-refractivity contribution in [2.75, 3.05) is 12.4 Å². The highest BCUT2D eigenvalue weighted by molar-refractivity contribution is 7.12. The maximum absolute atomic E-state index is 12.1. The zero-order valence-corrected chi connectivity index (χ0v) is 13.4. The second-order valence-electron chi connectivity index (χ2n) is 4.39. The molecular formula is C13H14N2O4S2. The van der Waals surface area contributed by atoms with Crippen LogP contribution in [0.2, 0.25) is 0 Å². The number of amides is 1. The van der Waals surface area contributed by atoms with Crippen molar-refractivity contribution in [1.29, 1.82) is 0 Å². The van der Waals surface area contributed by atoms with Gasteiger partial charge in [0, 0.05) is 11.1 Å². The Morgan fingerprint density at radius 1 is 1.29 bits per heavy atom. The van der Waals surface area contributed by atoms with Gasteiger partial charge in [0.05, 0.1) is 12.8 Å². The summed E-state index contributed by atoms with van der Waals surface area (Å²) in [7, 11) is 1.29. The molecule has 0 aromatic carbocycles. The molecule has 2 aromatic rings. The second-order valence-corrected chi connectivity index (χ2v) is 6.09. The highest BCUT2D eigenvalue weighted by atomic mass is 32.1. The SMILES string of the molecule is COC(=O)c1scc(C)c1NC(=O)Cn1c(C)csc1=O. The average molecular weight is 326 g/mol. The normalized spacial score (nSPS) is 10.4. The zero-order valence-electron chi connectivity index (χ0n) is 11.8. The average Bonchev–Trinajstić information content (AvgIpc) is 2.96. The van der Waals surface area contributed by atoms with E-state index in [1.807, 2.05) is 0 Å². The summed E-state index contributed by atoms with van der Waals surface area (Å²) in [6.07, 6.45) is 0. The molecule has 0 bridgehead atoms. The van der Waals surface area contributed by atoms with Gasteiger partial charge in [-0.15, -0.1) is 11.3 Å². The van der Waals surface area contributed by atoms with Gasteiger partial charge < -0.3 is 10.1 Å². The molecule has 0 spiro atoms. The molecule has 0 saturated heterocycles. The molecule has 0 atom stereocenters. The minimum Gasteiger partial charge on any atom is -0.465 e. The number of nitrogens with one attached hydrogen (secondary N) is 1. The lowest BCUT2D eigenvalue weighted by Gasteiger charge is -2.08. The van der Waals surface area contributed by atoms with Crippen LogP contribution in [0, 0.1) is 13.8 Å². The molecule has 1 amide bonds. The number of ether oxygens (including phenoxy) is 1. The van der Waals surface area contributed by atoms with E-state index in [9.17, 15) is 14.4 Å². The van der Waals surface area contributed by atoms with Gasteiger partial charge in [-0.1, -0.05) is 11.3 Å². The summed E-state index contributed by atoms with van der Waals surface area (Å²) in [5, 5.41) is 6.15. The molecule has 1 N–H and O–H groups in total. The van der Waals surface area contributed by atoms with E-state index in [-0.39, 0.29) is 17.3 Å². The van der Waals surface area contributed by atoms with E-state index < -0.39 is 5.97 Å². The number of hydrogen-bond acceptors (Lipinski definition) is 6. The number of thiazole rings is 1. The Bertz CT molecular complexity index is 742. The number of aryl methyl sites for hydroxylation is 2. The van der Waals surface area contributed by atoms with Gasteiger partial charge in [0.1, 0.15) is 11.4 Å². The molecule has 112 valence electrons. The van der Waals surface area contributed by atoms with Crippen LogP contribution in [0.15, 0.2) is 15.6 Å². The fraction of sp³-hybridized carbons (Fsp3) is 0.308. The Morgan fingerprint density at radius 3 is 2.57 bits per heavy atom. The molecule has 8 heteroatoms. The van der Waals surface area contributed by atoms with Crippen LogP contribution in [0.5, 0.6) is 0 Å². The molecule has 2 rings (SSSR count). The van der Waals surface area contributed by atoms with E-state index in [1.54, 1.807) is 24.6 Å². The lowest BCUT2D eigenvalue weighted by molar-refractivity contribution is -0.116. The number of esters is 1. The number of methoxy groups -OCH3 is 1. The van der Waals surface area contributed by atoms with Crippen LogP contribution >= 0.6 is 22.7 Å². The number of aromatic nitrogens is 1. The minimum atomic E-state index is -0.493. The van der Waals surface area contributed by atoms with E-state index in [2.05, 4.69) is 10.1 Å². The Morgan fingerprint density at radius 2 is 2.00 bits per heavy atom. The quantitative estimate of drug-likeness (QED) is 0.872. The van der Waals surface area contributed by atoms with Crippen LogP contribution < -0.4 is 10.2 Å². The largest absolute Gasteiger partial charge is 0.465 e. The molecule has 0 unspecified atom stereocenters. The predicted molar refractivity (Wildman–Crippen MR) is 82.3 cm³/mol. The number of carbonyl (C=O) groups excluding carboxylic acids is 2. The minimum absolute atomic E-state index is 0.0793. The Hall–Kier alpha value is -1.93. The molecule has 6 nitrogen and oxygen atoms in total. The van der Waals surface area contributed by atoms with Crippen LogP contribution in [0.25, 0.3) is 0 Å². The van der Waals surface area contributed by atoms with E-state index in [0.29, 0.717) is 10.6 Å². The molecule has 2 heterocycles. The Kier molecular flexibility index (Phi) is 4.59. The van der Waals surface area contributed by atoms with E-state index >= 15 is 0 Å². The third-order valence-corrected chi connectivity index (χ3v) is 4.85. The summed E-state index contributed by atoms with van der Waals surface area (Å²) in [6.45, 7) is 3.48. The first kappa shape index (κ1) is 15.5. The van der Waals surface area contributed by atoms with Crippen LogP contribution in [-0.2, 0) is 16.1 Å². The lowest BCUT2D eigenvalue weighted by atomic mass is 10.2. The van der Waals surface area contributed by atoms with Crippen LogP contribution in [0.3, 0.4) is 0 Å². The van der Waals surface area contributed by atoms with Crippen LogP contribution in [0.1, 0.15) is 20.9 Å². The first-order valence-electron chi connectivity index (χ1n) is 6.05. The summed E-state index contributed by atoms with van der Waals surface area (Å²) in [6, 6.07) is 0.